The molecule has 0 spiro atoms. The van der Waals surface area contributed by atoms with Crippen LogP contribution in [0.3, 0.4) is 0 Å². The molecule has 2 N–H and O–H groups in total. The Labute approximate surface area is 139 Å². The summed E-state index contributed by atoms with van der Waals surface area (Å²) in [5, 5.41) is 4.61. The van der Waals surface area contributed by atoms with Crippen LogP contribution in [0.25, 0.3) is 5.73 Å². The minimum Gasteiger partial charge on any atom is -0.698 e. The number of nitrogens with zero attached hydrogens (tertiary/aromatic N) is 2. The second-order valence-corrected chi connectivity index (χ2v) is 4.77. The first kappa shape index (κ1) is 19.4. The van der Waals surface area contributed by atoms with Crippen LogP contribution in [0.5, 0.6) is 0 Å². The van der Waals surface area contributed by atoms with Gasteiger partial charge < -0.3 is 5.73 Å². The van der Waals surface area contributed by atoms with Gasteiger partial charge in [0.15, 0.2) is 5.78 Å². The van der Waals surface area contributed by atoms with E-state index in [1.165, 1.54) is 24.8 Å². The molecule has 0 aliphatic carbocycles. The van der Waals surface area contributed by atoms with Crippen molar-refractivity contribution in [3.63, 3.8) is 0 Å². The van der Waals surface area contributed by atoms with Gasteiger partial charge >= 0.3 is 17.1 Å². The molecule has 0 amide bonds. The number of hydrogen-bond acceptors (Lipinski definition) is 4. The summed E-state index contributed by atoms with van der Waals surface area (Å²) in [4.78, 5) is 15.1. The minimum absolute atomic E-state index is 0. The SMILES string of the molecule is CSC(N=Cc1ccccc1[NH-])=NNC(C)=CC(C)=O.[Cu+]. The Morgan fingerprint density at radius 2 is 2.00 bits per heavy atom. The van der Waals surface area contributed by atoms with E-state index in [9.17, 15) is 4.79 Å². The zero-order valence-electron chi connectivity index (χ0n) is 12.0. The number of benzene rings is 1. The molecule has 1 aromatic carbocycles. The number of thioether (sulfide) groups is 1. The standard InChI is InChI=1S/C14H18N4OS.Cu/c1-10(8-11(2)19)17-18-14(20-3)16-9-12-6-4-5-7-13(12)15;/h4-9H,1-3H3,(H3,15,16,17,18,19);/q;+1/p-1. The van der Waals surface area contributed by atoms with E-state index in [4.69, 9.17) is 5.73 Å². The molecule has 0 heterocycles. The Hall–Kier alpha value is -1.56. The third kappa shape index (κ3) is 7.70. The minimum atomic E-state index is -0.0393. The van der Waals surface area contributed by atoms with Gasteiger partial charge in [0.25, 0.3) is 0 Å². The van der Waals surface area contributed by atoms with Crippen LogP contribution in [0.4, 0.5) is 5.69 Å². The molecule has 0 atom stereocenters. The van der Waals surface area contributed by atoms with E-state index >= 15 is 0 Å². The third-order valence-corrected chi connectivity index (χ3v) is 2.77. The van der Waals surface area contributed by atoms with Crippen molar-refractivity contribution in [1.29, 1.82) is 0 Å². The van der Waals surface area contributed by atoms with Gasteiger partial charge in [0.2, 0.25) is 5.17 Å². The van der Waals surface area contributed by atoms with Gasteiger partial charge in [-0.2, -0.15) is 0 Å². The predicted molar refractivity (Wildman–Crippen MR) is 86.5 cm³/mol. The van der Waals surface area contributed by atoms with Crippen LogP contribution in [0.15, 0.2) is 46.1 Å². The molecule has 0 saturated heterocycles. The van der Waals surface area contributed by atoms with Crippen LogP contribution in [0.2, 0.25) is 0 Å². The van der Waals surface area contributed by atoms with E-state index < -0.39 is 0 Å². The average Bonchev–Trinajstić information content (AvgIpc) is 2.40. The number of allylic oxidation sites excluding steroid dienone is 2. The number of hydrazone groups is 1. The fourth-order valence-corrected chi connectivity index (χ4v) is 1.63. The van der Waals surface area contributed by atoms with Crippen LogP contribution in [0.1, 0.15) is 19.4 Å². The molecule has 1 rings (SSSR count). The van der Waals surface area contributed by atoms with Gasteiger partial charge in [0, 0.05) is 18.0 Å². The first-order chi connectivity index (χ1) is 9.52. The first-order valence-corrected chi connectivity index (χ1v) is 7.16. The Balaban J connectivity index is 0.00000400. The molecule has 0 bridgehead atoms. The molecule has 0 fully saturated rings. The maximum Gasteiger partial charge on any atom is 1.00 e. The normalized spacial score (nSPS) is 12.1. The van der Waals surface area contributed by atoms with Crippen LogP contribution < -0.4 is 5.43 Å². The van der Waals surface area contributed by atoms with Gasteiger partial charge in [-0.1, -0.05) is 36.0 Å². The second kappa shape index (κ2) is 10.2. The molecule has 21 heavy (non-hydrogen) atoms. The van der Waals surface area contributed by atoms with Crippen LogP contribution in [0, 0.1) is 0 Å². The van der Waals surface area contributed by atoms with Crippen molar-refractivity contribution >= 4 is 34.6 Å². The molecular weight excluding hydrogens is 336 g/mol. The molecule has 116 valence electrons. The molecular formula is C14H17CuN4OS. The molecule has 5 nitrogen and oxygen atoms in total. The Morgan fingerprint density at radius 3 is 2.57 bits per heavy atom. The molecule has 0 aliphatic heterocycles. The first-order valence-electron chi connectivity index (χ1n) is 5.94. The number of carbonyl (C=O) groups excluding carboxylic acids is 1. The van der Waals surface area contributed by atoms with E-state index in [0.717, 1.165) is 5.56 Å². The molecule has 0 unspecified atom stereocenters. The van der Waals surface area contributed by atoms with E-state index in [-0.39, 0.29) is 22.9 Å². The maximum absolute atomic E-state index is 10.9. The Bertz CT molecular complexity index is 570. The largest absolute Gasteiger partial charge is 1.00 e. The smallest absolute Gasteiger partial charge is 0.698 e. The Morgan fingerprint density at radius 1 is 1.33 bits per heavy atom. The van der Waals surface area contributed by atoms with Crippen molar-refractivity contribution in [1.82, 2.24) is 5.43 Å². The fraction of sp³-hybridized carbons (Fsp3) is 0.214. The molecule has 0 saturated carbocycles. The van der Waals surface area contributed by atoms with Gasteiger partial charge in [-0.3, -0.25) is 10.2 Å². The number of amidine groups is 1. The van der Waals surface area contributed by atoms with Gasteiger partial charge in [-0.05, 0) is 25.7 Å². The Kier molecular flexibility index (Phi) is 9.45. The quantitative estimate of drug-likeness (QED) is 0.296. The summed E-state index contributed by atoms with van der Waals surface area (Å²) in [5.41, 5.74) is 12.3. The summed E-state index contributed by atoms with van der Waals surface area (Å²) >= 11 is 1.37. The van der Waals surface area contributed by atoms with Gasteiger partial charge in [0.05, 0.1) is 0 Å². The van der Waals surface area contributed by atoms with Crippen molar-refractivity contribution in [2.24, 2.45) is 10.1 Å². The van der Waals surface area contributed by atoms with Crippen molar-refractivity contribution < 1.29 is 21.9 Å². The van der Waals surface area contributed by atoms with E-state index in [0.29, 0.717) is 16.6 Å². The van der Waals surface area contributed by atoms with E-state index in [2.05, 4.69) is 15.5 Å². The predicted octanol–water partition coefficient (Wildman–Crippen LogP) is 3.50. The number of nitrogens with one attached hydrogen (secondary N) is 2. The van der Waals surface area contributed by atoms with Crippen molar-refractivity contribution in [3.05, 3.63) is 47.3 Å². The summed E-state index contributed by atoms with van der Waals surface area (Å²) in [7, 11) is 0. The summed E-state index contributed by atoms with van der Waals surface area (Å²) in [6.07, 6.45) is 4.92. The van der Waals surface area contributed by atoms with Crippen LogP contribution >= 0.6 is 11.8 Å². The van der Waals surface area contributed by atoms with Gasteiger partial charge in [-0.15, -0.1) is 10.8 Å². The fourth-order valence-electron chi connectivity index (χ4n) is 1.33. The summed E-state index contributed by atoms with van der Waals surface area (Å²) in [5.74, 6) is -0.0393. The molecule has 0 aliphatic rings. The van der Waals surface area contributed by atoms with Gasteiger partial charge in [-0.25, -0.2) is 4.99 Å². The molecule has 0 radical (unpaired) electrons. The zero-order chi connectivity index (χ0) is 15.0. The summed E-state index contributed by atoms with van der Waals surface area (Å²) < 4.78 is 0. The van der Waals surface area contributed by atoms with E-state index in [1.807, 2.05) is 18.4 Å². The third-order valence-electron chi connectivity index (χ3n) is 2.21. The monoisotopic (exact) mass is 352 g/mol. The second-order valence-electron chi connectivity index (χ2n) is 3.99. The summed E-state index contributed by atoms with van der Waals surface area (Å²) in [6, 6.07) is 7.18. The molecule has 0 aromatic heterocycles. The zero-order valence-corrected chi connectivity index (χ0v) is 13.7. The van der Waals surface area contributed by atoms with Crippen molar-refractivity contribution in [2.45, 2.75) is 13.8 Å². The van der Waals surface area contributed by atoms with E-state index in [1.54, 1.807) is 25.3 Å². The number of carbonyl (C=O) groups is 1. The maximum atomic E-state index is 10.9. The number of rotatable bonds is 4. The topological polar surface area (TPSA) is 77.6 Å². The van der Waals surface area contributed by atoms with Crippen LogP contribution in [-0.4, -0.2) is 23.4 Å². The van der Waals surface area contributed by atoms with Crippen molar-refractivity contribution in [2.75, 3.05) is 6.26 Å². The molecule has 7 heteroatoms. The number of aliphatic imine (C=N–C) groups is 1. The average molecular weight is 353 g/mol. The number of hydrogen-bond donors (Lipinski definition) is 1. The summed E-state index contributed by atoms with van der Waals surface area (Å²) in [6.45, 7) is 3.24. The van der Waals surface area contributed by atoms with Crippen LogP contribution in [-0.2, 0) is 21.9 Å². The van der Waals surface area contributed by atoms with Gasteiger partial charge in [0.1, 0.15) is 0 Å². The van der Waals surface area contributed by atoms with Crippen molar-refractivity contribution in [3.8, 4) is 0 Å². The number of ketones is 1. The molecule has 1 aromatic rings.